The van der Waals surface area contributed by atoms with Crippen molar-refractivity contribution in [2.45, 2.75) is 19.5 Å². The lowest BCUT2D eigenvalue weighted by molar-refractivity contribution is 0.489. The summed E-state index contributed by atoms with van der Waals surface area (Å²) in [6.07, 6.45) is 3.66. The Balaban J connectivity index is 1.85. The monoisotopic (exact) mass is 233 g/mol. The number of nitrogens with one attached hydrogen (secondary N) is 1. The lowest BCUT2D eigenvalue weighted by atomic mass is 10.1. The standard InChI is InChI=1S/C13H16FN3/c1-11(12-5-2-3-6-13(12)14)15-8-10-17-9-4-7-16-17/h2-7,9,11,15H,8,10H2,1H3/t11-/m1/s1. The average molecular weight is 233 g/mol. The predicted octanol–water partition coefficient (Wildman–Crippen LogP) is 2.37. The van der Waals surface area contributed by atoms with Crippen molar-refractivity contribution in [2.24, 2.45) is 0 Å². The Bertz CT molecular complexity index is 453. The molecule has 0 bridgehead atoms. The first kappa shape index (κ1) is 11.8. The summed E-state index contributed by atoms with van der Waals surface area (Å²) in [5, 5.41) is 7.38. The van der Waals surface area contributed by atoms with E-state index in [9.17, 15) is 4.39 Å². The summed E-state index contributed by atoms with van der Waals surface area (Å²) in [6, 6.07) is 8.74. The van der Waals surface area contributed by atoms with Crippen molar-refractivity contribution in [3.05, 3.63) is 54.1 Å². The third-order valence-electron chi connectivity index (χ3n) is 2.72. The first-order valence-corrected chi connectivity index (χ1v) is 5.72. The summed E-state index contributed by atoms with van der Waals surface area (Å²) in [5.41, 5.74) is 0.702. The Kier molecular flexibility index (Phi) is 3.88. The fourth-order valence-electron chi connectivity index (χ4n) is 1.76. The Morgan fingerprint density at radius 3 is 2.88 bits per heavy atom. The molecule has 0 aliphatic carbocycles. The van der Waals surface area contributed by atoms with Crippen LogP contribution in [0.5, 0.6) is 0 Å². The van der Waals surface area contributed by atoms with Crippen LogP contribution in [0.15, 0.2) is 42.7 Å². The third kappa shape index (κ3) is 3.14. The van der Waals surface area contributed by atoms with E-state index in [1.165, 1.54) is 6.07 Å². The molecule has 0 fully saturated rings. The van der Waals surface area contributed by atoms with Crippen molar-refractivity contribution < 1.29 is 4.39 Å². The number of hydrogen-bond acceptors (Lipinski definition) is 2. The molecule has 1 heterocycles. The molecule has 0 unspecified atom stereocenters. The fourth-order valence-corrected chi connectivity index (χ4v) is 1.76. The van der Waals surface area contributed by atoms with E-state index < -0.39 is 0 Å². The molecule has 0 spiro atoms. The molecule has 1 atom stereocenters. The fraction of sp³-hybridized carbons (Fsp3) is 0.308. The van der Waals surface area contributed by atoms with Gasteiger partial charge in [-0.15, -0.1) is 0 Å². The quantitative estimate of drug-likeness (QED) is 0.859. The van der Waals surface area contributed by atoms with Gasteiger partial charge in [0.05, 0.1) is 6.54 Å². The Morgan fingerprint density at radius 1 is 1.35 bits per heavy atom. The van der Waals surface area contributed by atoms with Gasteiger partial charge < -0.3 is 5.32 Å². The van der Waals surface area contributed by atoms with Crippen molar-refractivity contribution in [1.82, 2.24) is 15.1 Å². The van der Waals surface area contributed by atoms with Crippen LogP contribution in [-0.4, -0.2) is 16.3 Å². The molecule has 1 aromatic carbocycles. The number of rotatable bonds is 5. The van der Waals surface area contributed by atoms with Crippen molar-refractivity contribution in [1.29, 1.82) is 0 Å². The van der Waals surface area contributed by atoms with E-state index in [4.69, 9.17) is 0 Å². The lowest BCUT2D eigenvalue weighted by Crippen LogP contribution is -2.24. The number of aromatic nitrogens is 2. The molecule has 1 N–H and O–H groups in total. The van der Waals surface area contributed by atoms with Crippen molar-refractivity contribution >= 4 is 0 Å². The van der Waals surface area contributed by atoms with Gasteiger partial charge in [-0.05, 0) is 19.1 Å². The SMILES string of the molecule is C[C@@H](NCCn1cccn1)c1ccccc1F. The smallest absolute Gasteiger partial charge is 0.127 e. The zero-order valence-corrected chi connectivity index (χ0v) is 9.81. The van der Waals surface area contributed by atoms with Crippen LogP contribution in [0.25, 0.3) is 0 Å². The molecule has 0 aliphatic rings. The van der Waals surface area contributed by atoms with Gasteiger partial charge in [0, 0.05) is 30.5 Å². The van der Waals surface area contributed by atoms with E-state index in [1.54, 1.807) is 18.3 Å². The Morgan fingerprint density at radius 2 is 2.18 bits per heavy atom. The van der Waals surface area contributed by atoms with Gasteiger partial charge in [-0.25, -0.2) is 4.39 Å². The van der Waals surface area contributed by atoms with Gasteiger partial charge in [-0.2, -0.15) is 5.10 Å². The molecule has 2 aromatic rings. The summed E-state index contributed by atoms with van der Waals surface area (Å²) in [6.45, 7) is 3.50. The van der Waals surface area contributed by atoms with Crippen LogP contribution in [0.2, 0.25) is 0 Å². The maximum atomic E-state index is 13.5. The summed E-state index contributed by atoms with van der Waals surface area (Å²) in [4.78, 5) is 0. The second-order valence-electron chi connectivity index (χ2n) is 3.97. The highest BCUT2D eigenvalue weighted by molar-refractivity contribution is 5.20. The lowest BCUT2D eigenvalue weighted by Gasteiger charge is -2.14. The first-order chi connectivity index (χ1) is 8.27. The van der Waals surface area contributed by atoms with E-state index in [-0.39, 0.29) is 11.9 Å². The molecule has 3 nitrogen and oxygen atoms in total. The van der Waals surface area contributed by atoms with Gasteiger partial charge in [0.15, 0.2) is 0 Å². The zero-order chi connectivity index (χ0) is 12.1. The van der Waals surface area contributed by atoms with Gasteiger partial charge >= 0.3 is 0 Å². The van der Waals surface area contributed by atoms with Crippen LogP contribution < -0.4 is 5.32 Å². The van der Waals surface area contributed by atoms with Gasteiger partial charge in [-0.1, -0.05) is 18.2 Å². The van der Waals surface area contributed by atoms with E-state index in [2.05, 4.69) is 10.4 Å². The van der Waals surface area contributed by atoms with E-state index in [1.807, 2.05) is 29.9 Å². The molecular weight excluding hydrogens is 217 g/mol. The minimum atomic E-state index is -0.161. The van der Waals surface area contributed by atoms with Crippen molar-refractivity contribution in [3.63, 3.8) is 0 Å². The van der Waals surface area contributed by atoms with Crippen molar-refractivity contribution in [2.75, 3.05) is 6.54 Å². The minimum Gasteiger partial charge on any atom is -0.308 e. The second kappa shape index (κ2) is 5.59. The molecular formula is C13H16FN3. The van der Waals surface area contributed by atoms with Gasteiger partial charge in [0.25, 0.3) is 0 Å². The second-order valence-corrected chi connectivity index (χ2v) is 3.97. The summed E-state index contributed by atoms with van der Waals surface area (Å²) < 4.78 is 15.3. The van der Waals surface area contributed by atoms with Crippen molar-refractivity contribution in [3.8, 4) is 0 Å². The predicted molar refractivity (Wildman–Crippen MR) is 65.0 cm³/mol. The topological polar surface area (TPSA) is 29.9 Å². The number of nitrogens with zero attached hydrogens (tertiary/aromatic N) is 2. The van der Waals surface area contributed by atoms with Crippen LogP contribution in [0.3, 0.4) is 0 Å². The number of hydrogen-bond donors (Lipinski definition) is 1. The summed E-state index contributed by atoms with van der Waals surface area (Å²) >= 11 is 0. The van der Waals surface area contributed by atoms with Gasteiger partial charge in [0.1, 0.15) is 5.82 Å². The summed E-state index contributed by atoms with van der Waals surface area (Å²) in [5.74, 6) is -0.161. The third-order valence-corrected chi connectivity index (χ3v) is 2.72. The van der Waals surface area contributed by atoms with Gasteiger partial charge in [0.2, 0.25) is 0 Å². The largest absolute Gasteiger partial charge is 0.308 e. The maximum absolute atomic E-state index is 13.5. The minimum absolute atomic E-state index is 0.00626. The Hall–Kier alpha value is -1.68. The number of benzene rings is 1. The highest BCUT2D eigenvalue weighted by atomic mass is 19.1. The summed E-state index contributed by atoms with van der Waals surface area (Å²) in [7, 11) is 0. The molecule has 17 heavy (non-hydrogen) atoms. The van der Waals surface area contributed by atoms with Crippen LogP contribution in [0.4, 0.5) is 4.39 Å². The first-order valence-electron chi connectivity index (χ1n) is 5.72. The number of halogens is 1. The highest BCUT2D eigenvalue weighted by Crippen LogP contribution is 2.15. The van der Waals surface area contributed by atoms with E-state index in [0.717, 1.165) is 13.1 Å². The molecule has 0 saturated heterocycles. The molecule has 0 radical (unpaired) electrons. The average Bonchev–Trinajstić information content (AvgIpc) is 2.82. The van der Waals surface area contributed by atoms with Crippen LogP contribution in [0.1, 0.15) is 18.5 Å². The van der Waals surface area contributed by atoms with Crippen LogP contribution in [0, 0.1) is 5.82 Å². The maximum Gasteiger partial charge on any atom is 0.127 e. The zero-order valence-electron chi connectivity index (χ0n) is 9.81. The van der Waals surface area contributed by atoms with E-state index in [0.29, 0.717) is 5.56 Å². The van der Waals surface area contributed by atoms with E-state index >= 15 is 0 Å². The molecule has 0 saturated carbocycles. The molecule has 1 aromatic heterocycles. The molecule has 2 rings (SSSR count). The highest BCUT2D eigenvalue weighted by Gasteiger charge is 2.08. The van der Waals surface area contributed by atoms with Crippen LogP contribution in [-0.2, 0) is 6.54 Å². The molecule has 90 valence electrons. The normalized spacial score (nSPS) is 12.6. The molecule has 0 amide bonds. The molecule has 4 heteroatoms. The Labute approximate surface area is 100 Å². The van der Waals surface area contributed by atoms with Crippen LogP contribution >= 0.6 is 0 Å². The van der Waals surface area contributed by atoms with Gasteiger partial charge in [-0.3, -0.25) is 4.68 Å². The molecule has 0 aliphatic heterocycles.